The van der Waals surface area contributed by atoms with Crippen LogP contribution in [0.2, 0.25) is 0 Å². The number of hydrogen-bond donors (Lipinski definition) is 0. The summed E-state index contributed by atoms with van der Waals surface area (Å²) in [5, 5.41) is 0. The van der Waals surface area contributed by atoms with E-state index >= 15 is 0 Å². The van der Waals surface area contributed by atoms with Crippen LogP contribution in [0.5, 0.6) is 0 Å². The number of carbonyl (C=O) groups is 1. The summed E-state index contributed by atoms with van der Waals surface area (Å²) in [6.45, 7) is 7.88. The van der Waals surface area contributed by atoms with Gasteiger partial charge < -0.3 is 4.74 Å². The average molecular weight is 266 g/mol. The third-order valence-corrected chi connectivity index (χ3v) is 3.10. The Hall–Kier alpha value is -2.31. The normalized spacial score (nSPS) is 16.2. The Balaban J connectivity index is 2.13. The van der Waals surface area contributed by atoms with E-state index in [0.29, 0.717) is 6.61 Å². The van der Waals surface area contributed by atoms with Crippen LogP contribution in [0.15, 0.2) is 59.4 Å². The third-order valence-electron chi connectivity index (χ3n) is 3.10. The SMILES string of the molecule is C=C1CC(C)=C=C/C1=C\c1ccc(COC(C)=O)cc1. The first-order chi connectivity index (χ1) is 9.54. The van der Waals surface area contributed by atoms with E-state index in [-0.39, 0.29) is 5.97 Å². The van der Waals surface area contributed by atoms with Crippen molar-refractivity contribution in [3.05, 3.63) is 70.5 Å². The molecule has 2 rings (SSSR count). The Morgan fingerprint density at radius 3 is 2.70 bits per heavy atom. The number of ether oxygens (including phenoxy) is 1. The summed E-state index contributed by atoms with van der Waals surface area (Å²) < 4.78 is 4.96. The Morgan fingerprint density at radius 2 is 2.10 bits per heavy atom. The quantitative estimate of drug-likeness (QED) is 0.605. The lowest BCUT2D eigenvalue weighted by Gasteiger charge is -2.10. The fourth-order valence-corrected chi connectivity index (χ4v) is 1.99. The molecule has 20 heavy (non-hydrogen) atoms. The molecule has 1 aliphatic rings. The standard InChI is InChI=1S/C18H18O2/c1-13-4-9-18(14(2)10-13)11-16-5-7-17(8-6-16)12-20-15(3)19/h5-9,11H,2,10,12H2,1,3H3/b18-11+. The highest BCUT2D eigenvalue weighted by atomic mass is 16.5. The van der Waals surface area contributed by atoms with E-state index in [1.54, 1.807) is 0 Å². The summed E-state index contributed by atoms with van der Waals surface area (Å²) in [5.41, 5.74) is 8.76. The topological polar surface area (TPSA) is 26.3 Å². The third kappa shape index (κ3) is 3.84. The predicted octanol–water partition coefficient (Wildman–Crippen LogP) is 4.19. The number of carbonyl (C=O) groups excluding carboxylic acids is 1. The van der Waals surface area contributed by atoms with Crippen LogP contribution in [-0.4, -0.2) is 5.97 Å². The highest BCUT2D eigenvalue weighted by molar-refractivity contribution is 5.66. The van der Waals surface area contributed by atoms with Crippen LogP contribution in [-0.2, 0) is 16.1 Å². The molecule has 0 saturated heterocycles. The molecule has 0 N–H and O–H groups in total. The minimum Gasteiger partial charge on any atom is -0.461 e. The maximum atomic E-state index is 10.8. The van der Waals surface area contributed by atoms with Crippen molar-refractivity contribution in [1.82, 2.24) is 0 Å². The van der Waals surface area contributed by atoms with Crippen molar-refractivity contribution in [1.29, 1.82) is 0 Å². The Labute approximate surface area is 119 Å². The number of allylic oxidation sites excluding steroid dienone is 3. The van der Waals surface area contributed by atoms with Gasteiger partial charge in [0, 0.05) is 13.3 Å². The fraction of sp³-hybridized carbons (Fsp3) is 0.222. The molecule has 2 heteroatoms. The zero-order valence-corrected chi connectivity index (χ0v) is 11.9. The molecule has 0 unspecified atom stereocenters. The highest BCUT2D eigenvalue weighted by Gasteiger charge is 2.05. The Morgan fingerprint density at radius 1 is 1.40 bits per heavy atom. The molecule has 1 aromatic carbocycles. The summed E-state index contributed by atoms with van der Waals surface area (Å²) in [6, 6.07) is 7.95. The van der Waals surface area contributed by atoms with E-state index in [2.05, 4.69) is 25.3 Å². The molecule has 102 valence electrons. The second-order valence-corrected chi connectivity index (χ2v) is 4.97. The summed E-state index contributed by atoms with van der Waals surface area (Å²) in [6.07, 6.45) is 4.96. The first-order valence-electron chi connectivity index (χ1n) is 6.59. The fourth-order valence-electron chi connectivity index (χ4n) is 1.99. The zero-order valence-electron chi connectivity index (χ0n) is 11.9. The average Bonchev–Trinajstić information content (AvgIpc) is 2.41. The van der Waals surface area contributed by atoms with Gasteiger partial charge in [-0.15, -0.1) is 5.73 Å². The molecule has 1 aliphatic carbocycles. The lowest BCUT2D eigenvalue weighted by atomic mass is 9.94. The van der Waals surface area contributed by atoms with Crippen molar-refractivity contribution in [3.63, 3.8) is 0 Å². The van der Waals surface area contributed by atoms with Gasteiger partial charge >= 0.3 is 5.97 Å². The molecule has 0 fully saturated rings. The molecule has 0 heterocycles. The van der Waals surface area contributed by atoms with Crippen molar-refractivity contribution < 1.29 is 9.53 Å². The van der Waals surface area contributed by atoms with Crippen LogP contribution in [0.1, 0.15) is 31.4 Å². The van der Waals surface area contributed by atoms with Gasteiger partial charge in [0.1, 0.15) is 6.61 Å². The minimum atomic E-state index is -0.262. The second-order valence-electron chi connectivity index (χ2n) is 4.97. The van der Waals surface area contributed by atoms with Crippen LogP contribution in [0.25, 0.3) is 6.08 Å². The summed E-state index contributed by atoms with van der Waals surface area (Å²) in [5.74, 6) is -0.262. The van der Waals surface area contributed by atoms with Crippen molar-refractivity contribution in [2.45, 2.75) is 26.9 Å². The van der Waals surface area contributed by atoms with Gasteiger partial charge in [-0.2, -0.15) is 0 Å². The number of rotatable bonds is 3. The second kappa shape index (κ2) is 6.23. The van der Waals surface area contributed by atoms with Gasteiger partial charge in [0.2, 0.25) is 0 Å². The molecule has 0 amide bonds. The van der Waals surface area contributed by atoms with Crippen LogP contribution in [0, 0.1) is 0 Å². The smallest absolute Gasteiger partial charge is 0.302 e. The molecule has 0 aromatic heterocycles. The highest BCUT2D eigenvalue weighted by Crippen LogP contribution is 2.24. The lowest BCUT2D eigenvalue weighted by Crippen LogP contribution is -1.98. The van der Waals surface area contributed by atoms with E-state index in [0.717, 1.165) is 28.7 Å². The van der Waals surface area contributed by atoms with Crippen LogP contribution >= 0.6 is 0 Å². The van der Waals surface area contributed by atoms with Crippen LogP contribution < -0.4 is 0 Å². The molecular weight excluding hydrogens is 248 g/mol. The molecule has 0 saturated carbocycles. The van der Waals surface area contributed by atoms with Crippen LogP contribution in [0.3, 0.4) is 0 Å². The van der Waals surface area contributed by atoms with E-state index in [9.17, 15) is 4.79 Å². The summed E-state index contributed by atoms with van der Waals surface area (Å²) in [7, 11) is 0. The van der Waals surface area contributed by atoms with Crippen molar-refractivity contribution >= 4 is 12.0 Å². The van der Waals surface area contributed by atoms with E-state index < -0.39 is 0 Å². The van der Waals surface area contributed by atoms with E-state index in [1.165, 1.54) is 12.5 Å². The van der Waals surface area contributed by atoms with Crippen molar-refractivity contribution in [3.8, 4) is 0 Å². The van der Waals surface area contributed by atoms with Gasteiger partial charge in [-0.3, -0.25) is 4.79 Å². The van der Waals surface area contributed by atoms with Gasteiger partial charge in [0.05, 0.1) is 0 Å². The summed E-state index contributed by atoms with van der Waals surface area (Å²) in [4.78, 5) is 10.8. The maximum Gasteiger partial charge on any atom is 0.302 e. The predicted molar refractivity (Wildman–Crippen MR) is 80.9 cm³/mol. The zero-order chi connectivity index (χ0) is 14.5. The Bertz CT molecular complexity index is 624. The van der Waals surface area contributed by atoms with Crippen molar-refractivity contribution in [2.75, 3.05) is 0 Å². The maximum absolute atomic E-state index is 10.8. The largest absolute Gasteiger partial charge is 0.461 e. The first kappa shape index (κ1) is 14.1. The molecule has 0 bridgehead atoms. The molecule has 2 nitrogen and oxygen atoms in total. The Kier molecular flexibility index (Phi) is 4.39. The van der Waals surface area contributed by atoms with Crippen molar-refractivity contribution in [2.24, 2.45) is 0 Å². The van der Waals surface area contributed by atoms with E-state index in [4.69, 9.17) is 4.74 Å². The molecule has 0 atom stereocenters. The van der Waals surface area contributed by atoms with E-state index in [1.807, 2.05) is 30.3 Å². The van der Waals surface area contributed by atoms with Gasteiger partial charge in [-0.05, 0) is 46.9 Å². The summed E-state index contributed by atoms with van der Waals surface area (Å²) >= 11 is 0. The van der Waals surface area contributed by atoms with Crippen LogP contribution in [0.4, 0.5) is 0 Å². The molecule has 0 radical (unpaired) electrons. The lowest BCUT2D eigenvalue weighted by molar-refractivity contribution is -0.142. The number of benzene rings is 1. The first-order valence-corrected chi connectivity index (χ1v) is 6.59. The number of hydrogen-bond acceptors (Lipinski definition) is 2. The molecule has 1 aromatic rings. The van der Waals surface area contributed by atoms with Gasteiger partial charge in [-0.25, -0.2) is 0 Å². The van der Waals surface area contributed by atoms with Gasteiger partial charge in [-0.1, -0.05) is 30.8 Å². The van der Waals surface area contributed by atoms with Gasteiger partial charge in [0.15, 0.2) is 0 Å². The minimum absolute atomic E-state index is 0.262. The monoisotopic (exact) mass is 266 g/mol. The van der Waals surface area contributed by atoms with Gasteiger partial charge in [0.25, 0.3) is 0 Å². The molecular formula is C18H18O2. The number of esters is 1. The molecule has 0 spiro atoms. The molecule has 0 aliphatic heterocycles.